The number of benzene rings is 1. The molecule has 1 aromatic carbocycles. The molecule has 18 heavy (non-hydrogen) atoms. The lowest BCUT2D eigenvalue weighted by atomic mass is 10.2. The third kappa shape index (κ3) is 5.65. The minimum Gasteiger partial charge on any atom is -0.460 e. The van der Waals surface area contributed by atoms with Crippen LogP contribution >= 0.6 is 23.4 Å². The van der Waals surface area contributed by atoms with Crippen LogP contribution in [-0.2, 0) is 9.53 Å². The Hall–Kier alpha value is -0.870. The fourth-order valence-corrected chi connectivity index (χ4v) is 2.44. The van der Waals surface area contributed by atoms with Crippen LogP contribution < -0.4 is 5.73 Å². The zero-order valence-electron chi connectivity index (χ0n) is 10.8. The first-order valence-corrected chi connectivity index (χ1v) is 7.04. The molecular weight excluding hydrogens is 270 g/mol. The highest BCUT2D eigenvalue weighted by atomic mass is 35.5. The predicted octanol–water partition coefficient (Wildman–Crippen LogP) is 3.75. The number of carbonyl (C=O) groups is 1. The van der Waals surface area contributed by atoms with Crippen LogP contribution in [0.2, 0.25) is 5.02 Å². The first kappa shape index (κ1) is 15.2. The van der Waals surface area contributed by atoms with Gasteiger partial charge < -0.3 is 10.5 Å². The van der Waals surface area contributed by atoms with Gasteiger partial charge in [0.05, 0.1) is 6.42 Å². The molecule has 0 heterocycles. The Kier molecular flexibility index (Phi) is 5.35. The molecule has 0 aliphatic heterocycles. The van der Waals surface area contributed by atoms with E-state index in [4.69, 9.17) is 22.1 Å². The van der Waals surface area contributed by atoms with Crippen molar-refractivity contribution in [2.24, 2.45) is 0 Å². The average Bonchev–Trinajstić information content (AvgIpc) is 2.20. The van der Waals surface area contributed by atoms with Gasteiger partial charge >= 0.3 is 5.97 Å². The van der Waals surface area contributed by atoms with E-state index in [-0.39, 0.29) is 5.97 Å². The quantitative estimate of drug-likeness (QED) is 0.521. The summed E-state index contributed by atoms with van der Waals surface area (Å²) in [5.41, 5.74) is 6.05. The maximum atomic E-state index is 11.5. The van der Waals surface area contributed by atoms with Crippen molar-refractivity contribution in [1.82, 2.24) is 0 Å². The summed E-state index contributed by atoms with van der Waals surface area (Å²) in [6.07, 6.45) is 0.355. The molecule has 1 aromatic rings. The number of ether oxygens (including phenoxy) is 1. The summed E-state index contributed by atoms with van der Waals surface area (Å²) in [5, 5.41) is 0.643. The second-order valence-electron chi connectivity index (χ2n) is 4.87. The Bertz CT molecular complexity index is 429. The molecule has 0 radical (unpaired) electrons. The lowest BCUT2D eigenvalue weighted by molar-refractivity contribution is -0.154. The Labute approximate surface area is 117 Å². The molecule has 0 fully saturated rings. The van der Waals surface area contributed by atoms with E-state index in [9.17, 15) is 4.79 Å². The molecule has 0 spiro atoms. The maximum Gasteiger partial charge on any atom is 0.307 e. The summed E-state index contributed by atoms with van der Waals surface area (Å²) in [5.74, 6) is 0.426. The Morgan fingerprint density at radius 3 is 2.72 bits per heavy atom. The van der Waals surface area contributed by atoms with Crippen LogP contribution in [0.5, 0.6) is 0 Å². The molecule has 0 aliphatic rings. The van der Waals surface area contributed by atoms with Gasteiger partial charge in [0, 0.05) is 21.4 Å². The SMILES string of the molecule is CC(C)(C)OC(=O)CCSc1cc(Cl)ccc1N. The van der Waals surface area contributed by atoms with Gasteiger partial charge in [-0.2, -0.15) is 0 Å². The van der Waals surface area contributed by atoms with Crippen LogP contribution in [0.1, 0.15) is 27.2 Å². The molecule has 1 rings (SSSR count). The lowest BCUT2D eigenvalue weighted by Gasteiger charge is -2.19. The smallest absolute Gasteiger partial charge is 0.307 e. The number of nitrogens with two attached hydrogens (primary N) is 1. The molecule has 0 amide bonds. The monoisotopic (exact) mass is 287 g/mol. The third-order valence-corrected chi connectivity index (χ3v) is 3.27. The van der Waals surface area contributed by atoms with E-state index >= 15 is 0 Å². The van der Waals surface area contributed by atoms with Gasteiger partial charge in [0.15, 0.2) is 0 Å². The molecule has 0 bridgehead atoms. The van der Waals surface area contributed by atoms with Crippen molar-refractivity contribution >= 4 is 35.0 Å². The van der Waals surface area contributed by atoms with Crippen LogP contribution in [0.25, 0.3) is 0 Å². The van der Waals surface area contributed by atoms with Crippen LogP contribution in [0.3, 0.4) is 0 Å². The van der Waals surface area contributed by atoms with Crippen LogP contribution in [0.15, 0.2) is 23.1 Å². The highest BCUT2D eigenvalue weighted by Gasteiger charge is 2.15. The predicted molar refractivity (Wildman–Crippen MR) is 77.1 cm³/mol. The fraction of sp³-hybridized carbons (Fsp3) is 0.462. The Morgan fingerprint density at radius 1 is 1.44 bits per heavy atom. The van der Waals surface area contributed by atoms with E-state index in [0.29, 0.717) is 22.9 Å². The van der Waals surface area contributed by atoms with Crippen LogP contribution in [0.4, 0.5) is 5.69 Å². The largest absolute Gasteiger partial charge is 0.460 e. The minimum absolute atomic E-state index is 0.199. The number of halogens is 1. The van der Waals surface area contributed by atoms with Crippen LogP contribution in [0, 0.1) is 0 Å². The molecular formula is C13H18ClNO2S. The summed E-state index contributed by atoms with van der Waals surface area (Å²) in [7, 11) is 0. The van der Waals surface area contributed by atoms with Crippen LogP contribution in [-0.4, -0.2) is 17.3 Å². The second kappa shape index (κ2) is 6.34. The molecule has 100 valence electrons. The van der Waals surface area contributed by atoms with Crippen molar-refractivity contribution in [2.45, 2.75) is 37.7 Å². The van der Waals surface area contributed by atoms with Crippen molar-refractivity contribution in [3.8, 4) is 0 Å². The summed E-state index contributed by atoms with van der Waals surface area (Å²) >= 11 is 7.39. The zero-order chi connectivity index (χ0) is 13.8. The summed E-state index contributed by atoms with van der Waals surface area (Å²) in [6.45, 7) is 5.56. The molecule has 0 saturated heterocycles. The Morgan fingerprint density at radius 2 is 2.11 bits per heavy atom. The average molecular weight is 288 g/mol. The fourth-order valence-electron chi connectivity index (χ4n) is 1.27. The number of hydrogen-bond donors (Lipinski definition) is 1. The molecule has 2 N–H and O–H groups in total. The van der Waals surface area contributed by atoms with E-state index in [2.05, 4.69) is 0 Å². The van der Waals surface area contributed by atoms with Gasteiger partial charge in [-0.05, 0) is 39.0 Å². The number of esters is 1. The molecule has 3 nitrogen and oxygen atoms in total. The van der Waals surface area contributed by atoms with Gasteiger partial charge in [0.1, 0.15) is 5.60 Å². The van der Waals surface area contributed by atoms with E-state index in [0.717, 1.165) is 4.90 Å². The third-order valence-electron chi connectivity index (χ3n) is 1.96. The number of carbonyl (C=O) groups excluding carboxylic acids is 1. The molecule has 0 aromatic heterocycles. The van der Waals surface area contributed by atoms with Gasteiger partial charge in [0.25, 0.3) is 0 Å². The summed E-state index contributed by atoms with van der Waals surface area (Å²) in [4.78, 5) is 12.4. The summed E-state index contributed by atoms with van der Waals surface area (Å²) < 4.78 is 5.22. The lowest BCUT2D eigenvalue weighted by Crippen LogP contribution is -2.24. The number of hydrogen-bond acceptors (Lipinski definition) is 4. The first-order valence-electron chi connectivity index (χ1n) is 5.67. The molecule has 0 unspecified atom stereocenters. The van der Waals surface area contributed by atoms with Crippen molar-refractivity contribution in [2.75, 3.05) is 11.5 Å². The molecule has 0 saturated carbocycles. The number of nitrogen functional groups attached to an aromatic ring is 1. The van der Waals surface area contributed by atoms with Gasteiger partial charge in [-0.25, -0.2) is 0 Å². The van der Waals surface area contributed by atoms with Crippen molar-refractivity contribution < 1.29 is 9.53 Å². The van der Waals surface area contributed by atoms with Gasteiger partial charge in [-0.1, -0.05) is 11.6 Å². The summed E-state index contributed by atoms with van der Waals surface area (Å²) in [6, 6.07) is 5.31. The van der Waals surface area contributed by atoms with Crippen molar-refractivity contribution in [3.63, 3.8) is 0 Å². The minimum atomic E-state index is -0.434. The number of anilines is 1. The molecule has 5 heteroatoms. The maximum absolute atomic E-state index is 11.5. The first-order chi connectivity index (χ1) is 8.28. The van der Waals surface area contributed by atoms with Gasteiger partial charge in [-0.3, -0.25) is 4.79 Å². The highest BCUT2D eigenvalue weighted by Crippen LogP contribution is 2.28. The highest BCUT2D eigenvalue weighted by molar-refractivity contribution is 7.99. The van der Waals surface area contributed by atoms with Gasteiger partial charge in [0.2, 0.25) is 0 Å². The Balaban J connectivity index is 2.42. The van der Waals surface area contributed by atoms with Gasteiger partial charge in [-0.15, -0.1) is 11.8 Å². The van der Waals surface area contributed by atoms with Crippen molar-refractivity contribution in [3.05, 3.63) is 23.2 Å². The topological polar surface area (TPSA) is 52.3 Å². The molecule has 0 aliphatic carbocycles. The van der Waals surface area contributed by atoms with E-state index in [1.807, 2.05) is 20.8 Å². The van der Waals surface area contributed by atoms with E-state index in [1.165, 1.54) is 11.8 Å². The van der Waals surface area contributed by atoms with Crippen molar-refractivity contribution in [1.29, 1.82) is 0 Å². The number of thioether (sulfide) groups is 1. The van der Waals surface area contributed by atoms with E-state index in [1.54, 1.807) is 18.2 Å². The van der Waals surface area contributed by atoms with E-state index < -0.39 is 5.60 Å². The normalized spacial score (nSPS) is 11.3. The number of rotatable bonds is 4. The standard InChI is InChI=1S/C13H18ClNO2S/c1-13(2,3)17-12(16)6-7-18-11-8-9(14)4-5-10(11)15/h4-5,8H,6-7,15H2,1-3H3. The zero-order valence-corrected chi connectivity index (χ0v) is 12.4. The second-order valence-corrected chi connectivity index (χ2v) is 6.44. The molecule has 0 atom stereocenters.